The molecule has 0 unspecified atom stereocenters. The summed E-state index contributed by atoms with van der Waals surface area (Å²) in [7, 11) is 0. The quantitative estimate of drug-likeness (QED) is 0.460. The standard InChI is InChI=1S/C13H9NO3/c15-9-10-2-1-3-12(8-10)11-4-6-13(7-5-11)14(16)17/h1-9H. The van der Waals surface area contributed by atoms with Gasteiger partial charge in [-0.25, -0.2) is 0 Å². The molecule has 0 saturated heterocycles. The number of hydrogen-bond donors (Lipinski definition) is 0. The van der Waals surface area contributed by atoms with Gasteiger partial charge >= 0.3 is 0 Å². The Morgan fingerprint density at radius 1 is 1.00 bits per heavy atom. The van der Waals surface area contributed by atoms with Gasteiger partial charge in [0.1, 0.15) is 6.29 Å². The zero-order valence-corrected chi connectivity index (χ0v) is 8.87. The first kappa shape index (κ1) is 11.0. The van der Waals surface area contributed by atoms with Crippen molar-refractivity contribution in [2.75, 3.05) is 0 Å². The molecule has 0 radical (unpaired) electrons. The molecule has 0 amide bonds. The Morgan fingerprint density at radius 3 is 2.29 bits per heavy atom. The van der Waals surface area contributed by atoms with Gasteiger partial charge in [0.05, 0.1) is 4.92 Å². The van der Waals surface area contributed by atoms with E-state index in [0.717, 1.165) is 17.4 Å². The van der Waals surface area contributed by atoms with Gasteiger partial charge in [0.2, 0.25) is 0 Å². The Balaban J connectivity index is 2.39. The molecular weight excluding hydrogens is 218 g/mol. The molecule has 0 aliphatic carbocycles. The number of benzene rings is 2. The molecule has 0 N–H and O–H groups in total. The van der Waals surface area contributed by atoms with Crippen molar-refractivity contribution in [1.29, 1.82) is 0 Å². The first-order valence-electron chi connectivity index (χ1n) is 5.01. The highest BCUT2D eigenvalue weighted by Gasteiger charge is 2.05. The second-order valence-corrected chi connectivity index (χ2v) is 3.55. The Labute approximate surface area is 97.7 Å². The summed E-state index contributed by atoms with van der Waals surface area (Å²) < 4.78 is 0. The highest BCUT2D eigenvalue weighted by Crippen LogP contribution is 2.22. The van der Waals surface area contributed by atoms with Gasteiger partial charge in [-0.15, -0.1) is 0 Å². The molecule has 0 atom stereocenters. The summed E-state index contributed by atoms with van der Waals surface area (Å²) in [6, 6.07) is 13.3. The highest BCUT2D eigenvalue weighted by atomic mass is 16.6. The second kappa shape index (κ2) is 4.57. The fourth-order valence-corrected chi connectivity index (χ4v) is 1.57. The predicted molar refractivity (Wildman–Crippen MR) is 63.9 cm³/mol. The van der Waals surface area contributed by atoms with Gasteiger partial charge in [0.15, 0.2) is 0 Å². The highest BCUT2D eigenvalue weighted by molar-refractivity contribution is 5.79. The molecule has 2 aromatic rings. The molecule has 0 heterocycles. The van der Waals surface area contributed by atoms with Gasteiger partial charge in [-0.3, -0.25) is 14.9 Å². The van der Waals surface area contributed by atoms with Gasteiger partial charge in [0, 0.05) is 17.7 Å². The van der Waals surface area contributed by atoms with E-state index in [-0.39, 0.29) is 5.69 Å². The van der Waals surface area contributed by atoms with E-state index in [4.69, 9.17) is 0 Å². The summed E-state index contributed by atoms with van der Waals surface area (Å²) in [6.07, 6.45) is 0.773. The van der Waals surface area contributed by atoms with E-state index in [1.54, 1.807) is 30.3 Å². The van der Waals surface area contributed by atoms with E-state index >= 15 is 0 Å². The maximum absolute atomic E-state index is 10.6. The van der Waals surface area contributed by atoms with E-state index in [0.29, 0.717) is 5.56 Å². The van der Waals surface area contributed by atoms with Crippen LogP contribution in [0.4, 0.5) is 5.69 Å². The van der Waals surface area contributed by atoms with Crippen LogP contribution in [0.1, 0.15) is 10.4 Å². The molecule has 17 heavy (non-hydrogen) atoms. The number of nitro benzene ring substituents is 1. The molecule has 4 nitrogen and oxygen atoms in total. The third-order valence-corrected chi connectivity index (χ3v) is 2.43. The first-order valence-corrected chi connectivity index (χ1v) is 5.01. The van der Waals surface area contributed by atoms with Crippen molar-refractivity contribution < 1.29 is 9.72 Å². The zero-order valence-electron chi connectivity index (χ0n) is 8.87. The Bertz CT molecular complexity index is 561. The zero-order chi connectivity index (χ0) is 12.3. The Kier molecular flexibility index (Phi) is 2.96. The van der Waals surface area contributed by atoms with Crippen LogP contribution in [-0.4, -0.2) is 11.2 Å². The molecule has 4 heteroatoms. The average Bonchev–Trinajstić information content (AvgIpc) is 2.39. The number of non-ortho nitro benzene ring substituents is 1. The molecule has 0 fully saturated rings. The summed E-state index contributed by atoms with van der Waals surface area (Å²) >= 11 is 0. The normalized spacial score (nSPS) is 9.88. The van der Waals surface area contributed by atoms with Crippen LogP contribution in [0.5, 0.6) is 0 Å². The van der Waals surface area contributed by atoms with Crippen LogP contribution in [0.15, 0.2) is 48.5 Å². The minimum atomic E-state index is -0.439. The van der Waals surface area contributed by atoms with Gasteiger partial charge in [0.25, 0.3) is 5.69 Å². The molecule has 2 aromatic carbocycles. The molecule has 0 bridgehead atoms. The first-order chi connectivity index (χ1) is 8.20. The molecule has 2 rings (SSSR count). The number of hydrogen-bond acceptors (Lipinski definition) is 3. The largest absolute Gasteiger partial charge is 0.298 e. The lowest BCUT2D eigenvalue weighted by molar-refractivity contribution is -0.384. The van der Waals surface area contributed by atoms with E-state index in [1.807, 2.05) is 6.07 Å². The lowest BCUT2D eigenvalue weighted by atomic mass is 10.0. The van der Waals surface area contributed by atoms with Gasteiger partial charge in [-0.2, -0.15) is 0 Å². The van der Waals surface area contributed by atoms with Crippen molar-refractivity contribution in [3.8, 4) is 11.1 Å². The number of carbonyl (C=O) groups excluding carboxylic acids is 1. The lowest BCUT2D eigenvalue weighted by Gasteiger charge is -2.01. The molecule has 0 spiro atoms. The van der Waals surface area contributed by atoms with Crippen LogP contribution in [0, 0.1) is 10.1 Å². The number of nitro groups is 1. The van der Waals surface area contributed by atoms with E-state index in [9.17, 15) is 14.9 Å². The molecule has 84 valence electrons. The summed E-state index contributed by atoms with van der Waals surface area (Å²) in [5.74, 6) is 0. The van der Waals surface area contributed by atoms with Crippen LogP contribution in [-0.2, 0) is 0 Å². The summed E-state index contributed by atoms with van der Waals surface area (Å²) in [4.78, 5) is 20.7. The third kappa shape index (κ3) is 2.36. The van der Waals surface area contributed by atoms with Crippen LogP contribution in [0.3, 0.4) is 0 Å². The smallest absolute Gasteiger partial charge is 0.269 e. The van der Waals surface area contributed by atoms with Gasteiger partial charge in [-0.1, -0.05) is 18.2 Å². The molecule has 0 aliphatic heterocycles. The number of rotatable bonds is 3. The fourth-order valence-electron chi connectivity index (χ4n) is 1.57. The van der Waals surface area contributed by atoms with Crippen molar-refractivity contribution in [3.05, 3.63) is 64.2 Å². The topological polar surface area (TPSA) is 60.2 Å². The SMILES string of the molecule is O=Cc1cccc(-c2ccc([N+](=O)[O-])cc2)c1. The molecule has 0 aliphatic rings. The van der Waals surface area contributed by atoms with E-state index in [2.05, 4.69) is 0 Å². The van der Waals surface area contributed by atoms with Crippen LogP contribution in [0.25, 0.3) is 11.1 Å². The van der Waals surface area contributed by atoms with Crippen LogP contribution >= 0.6 is 0 Å². The lowest BCUT2D eigenvalue weighted by Crippen LogP contribution is -1.87. The van der Waals surface area contributed by atoms with E-state index in [1.165, 1.54) is 12.1 Å². The second-order valence-electron chi connectivity index (χ2n) is 3.55. The monoisotopic (exact) mass is 227 g/mol. The van der Waals surface area contributed by atoms with Crippen LogP contribution < -0.4 is 0 Å². The van der Waals surface area contributed by atoms with Crippen molar-refractivity contribution in [2.24, 2.45) is 0 Å². The number of aldehydes is 1. The van der Waals surface area contributed by atoms with Crippen molar-refractivity contribution in [1.82, 2.24) is 0 Å². The predicted octanol–water partition coefficient (Wildman–Crippen LogP) is 3.07. The Morgan fingerprint density at radius 2 is 1.71 bits per heavy atom. The minimum absolute atomic E-state index is 0.0558. The molecule has 0 saturated carbocycles. The maximum atomic E-state index is 10.6. The molecule has 0 aromatic heterocycles. The summed E-state index contributed by atoms with van der Waals surface area (Å²) in [6.45, 7) is 0. The van der Waals surface area contributed by atoms with Crippen molar-refractivity contribution >= 4 is 12.0 Å². The summed E-state index contributed by atoms with van der Waals surface area (Å²) in [5.41, 5.74) is 2.35. The summed E-state index contributed by atoms with van der Waals surface area (Å²) in [5, 5.41) is 10.5. The van der Waals surface area contributed by atoms with Crippen molar-refractivity contribution in [2.45, 2.75) is 0 Å². The molecular formula is C13H9NO3. The minimum Gasteiger partial charge on any atom is -0.298 e. The number of carbonyl (C=O) groups is 1. The fraction of sp³-hybridized carbons (Fsp3) is 0. The van der Waals surface area contributed by atoms with Crippen LogP contribution in [0.2, 0.25) is 0 Å². The van der Waals surface area contributed by atoms with Gasteiger partial charge in [-0.05, 0) is 29.3 Å². The van der Waals surface area contributed by atoms with E-state index < -0.39 is 4.92 Å². The maximum Gasteiger partial charge on any atom is 0.269 e. The number of nitrogens with zero attached hydrogens (tertiary/aromatic N) is 1. The van der Waals surface area contributed by atoms with Crippen molar-refractivity contribution in [3.63, 3.8) is 0 Å². The average molecular weight is 227 g/mol. The third-order valence-electron chi connectivity index (χ3n) is 2.43. The van der Waals surface area contributed by atoms with Gasteiger partial charge < -0.3 is 0 Å². The Hall–Kier alpha value is -2.49.